The van der Waals surface area contributed by atoms with E-state index in [4.69, 9.17) is 37.8 Å². The molecular weight excluding hydrogens is 473 g/mol. The number of fused-ring (bicyclic) bond motifs is 1. The van der Waals surface area contributed by atoms with Crippen LogP contribution in [0.25, 0.3) is 5.65 Å². The molecule has 6 rings (SSSR count). The topological polar surface area (TPSA) is 73.0 Å². The molecule has 3 heterocycles. The van der Waals surface area contributed by atoms with Gasteiger partial charge in [0, 0.05) is 16.1 Å². The molecule has 1 atom stereocenters. The van der Waals surface area contributed by atoms with Gasteiger partial charge in [-0.05, 0) is 60.6 Å². The third kappa shape index (κ3) is 4.34. The average Bonchev–Trinajstić information content (AvgIpc) is 3.59. The molecule has 1 saturated carbocycles. The van der Waals surface area contributed by atoms with Gasteiger partial charge >= 0.3 is 0 Å². The van der Waals surface area contributed by atoms with Crippen molar-refractivity contribution in [2.75, 3.05) is 6.61 Å². The van der Waals surface area contributed by atoms with Gasteiger partial charge in [0.15, 0.2) is 22.9 Å². The SMILES string of the molecule is Clc1ccc(CC2CONC(c3c(Oc4cccc(C5CC5)c4)cnc4ccnn34)=N2)c(Cl)c1. The molecule has 1 aliphatic heterocycles. The van der Waals surface area contributed by atoms with Crippen LogP contribution < -0.4 is 10.2 Å². The molecule has 2 aromatic heterocycles. The third-order valence-corrected chi connectivity index (χ3v) is 6.55. The first-order chi connectivity index (χ1) is 16.6. The number of benzene rings is 2. The van der Waals surface area contributed by atoms with Crippen molar-refractivity contribution >= 4 is 34.7 Å². The van der Waals surface area contributed by atoms with E-state index >= 15 is 0 Å². The second-order valence-electron chi connectivity index (χ2n) is 8.51. The molecule has 9 heteroatoms. The molecule has 1 aliphatic carbocycles. The van der Waals surface area contributed by atoms with Crippen LogP contribution in [-0.2, 0) is 11.3 Å². The Morgan fingerprint density at radius 2 is 2.03 bits per heavy atom. The Balaban J connectivity index is 1.36. The quantitative estimate of drug-likeness (QED) is 0.378. The number of halogens is 2. The number of ether oxygens (including phenoxy) is 1. The van der Waals surface area contributed by atoms with Gasteiger partial charge in [-0.2, -0.15) is 5.10 Å². The summed E-state index contributed by atoms with van der Waals surface area (Å²) in [6.07, 6.45) is 6.45. The fraction of sp³-hybridized carbons (Fsp3) is 0.240. The van der Waals surface area contributed by atoms with Gasteiger partial charge in [-0.15, -0.1) is 0 Å². The van der Waals surface area contributed by atoms with Crippen LogP contribution in [0.5, 0.6) is 11.5 Å². The molecule has 2 aromatic carbocycles. The van der Waals surface area contributed by atoms with Crippen molar-refractivity contribution in [1.29, 1.82) is 0 Å². The minimum absolute atomic E-state index is 0.153. The number of aromatic nitrogens is 3. The first-order valence-electron chi connectivity index (χ1n) is 11.1. The average molecular weight is 494 g/mol. The van der Waals surface area contributed by atoms with Gasteiger partial charge in [0.25, 0.3) is 0 Å². The Kier molecular flexibility index (Phi) is 5.61. The summed E-state index contributed by atoms with van der Waals surface area (Å²) < 4.78 is 8.01. The molecule has 4 aromatic rings. The normalized spacial score (nSPS) is 17.9. The Morgan fingerprint density at radius 1 is 1.12 bits per heavy atom. The molecule has 1 N–H and O–H groups in total. The van der Waals surface area contributed by atoms with E-state index in [1.165, 1.54) is 18.4 Å². The lowest BCUT2D eigenvalue weighted by atomic mass is 10.1. The zero-order valence-corrected chi connectivity index (χ0v) is 19.6. The number of aliphatic imine (C=N–C) groups is 1. The molecule has 34 heavy (non-hydrogen) atoms. The van der Waals surface area contributed by atoms with Crippen LogP contribution in [0.1, 0.15) is 35.6 Å². The maximum Gasteiger partial charge on any atom is 0.175 e. The van der Waals surface area contributed by atoms with Crippen LogP contribution in [-0.4, -0.2) is 33.1 Å². The van der Waals surface area contributed by atoms with Crippen LogP contribution in [0, 0.1) is 0 Å². The second kappa shape index (κ2) is 8.91. The van der Waals surface area contributed by atoms with E-state index in [1.54, 1.807) is 23.0 Å². The lowest BCUT2D eigenvalue weighted by Gasteiger charge is -2.23. The molecular formula is C25H21Cl2N5O2. The third-order valence-electron chi connectivity index (χ3n) is 5.97. The highest BCUT2D eigenvalue weighted by Gasteiger charge is 2.26. The maximum absolute atomic E-state index is 6.39. The minimum Gasteiger partial charge on any atom is -0.453 e. The van der Waals surface area contributed by atoms with Crippen molar-refractivity contribution in [3.05, 3.63) is 87.8 Å². The highest BCUT2D eigenvalue weighted by Crippen LogP contribution is 2.41. The molecule has 0 saturated heterocycles. The van der Waals surface area contributed by atoms with Gasteiger partial charge in [-0.1, -0.05) is 41.4 Å². The van der Waals surface area contributed by atoms with Crippen LogP contribution in [0.4, 0.5) is 0 Å². The molecule has 2 aliphatic rings. The summed E-state index contributed by atoms with van der Waals surface area (Å²) in [4.78, 5) is 15.1. The van der Waals surface area contributed by atoms with E-state index in [0.717, 1.165) is 11.3 Å². The van der Waals surface area contributed by atoms with Gasteiger partial charge in [-0.3, -0.25) is 9.83 Å². The summed E-state index contributed by atoms with van der Waals surface area (Å²) >= 11 is 12.4. The molecule has 0 bridgehead atoms. The molecule has 0 radical (unpaired) electrons. The van der Waals surface area contributed by atoms with Gasteiger partial charge < -0.3 is 4.74 Å². The van der Waals surface area contributed by atoms with E-state index in [1.807, 2.05) is 30.3 Å². The molecule has 0 amide bonds. The molecule has 1 unspecified atom stereocenters. The predicted molar refractivity (Wildman–Crippen MR) is 131 cm³/mol. The smallest absolute Gasteiger partial charge is 0.175 e. The summed E-state index contributed by atoms with van der Waals surface area (Å²) in [5.74, 6) is 2.43. The molecule has 1 fully saturated rings. The van der Waals surface area contributed by atoms with Crippen molar-refractivity contribution in [3.8, 4) is 11.5 Å². The molecule has 7 nitrogen and oxygen atoms in total. The van der Waals surface area contributed by atoms with Gasteiger partial charge in [0.2, 0.25) is 0 Å². The number of hydrogen-bond donors (Lipinski definition) is 1. The lowest BCUT2D eigenvalue weighted by molar-refractivity contribution is 0.0620. The van der Waals surface area contributed by atoms with Gasteiger partial charge in [0.1, 0.15) is 5.75 Å². The van der Waals surface area contributed by atoms with Crippen molar-refractivity contribution in [3.63, 3.8) is 0 Å². The van der Waals surface area contributed by atoms with Crippen LogP contribution in [0.3, 0.4) is 0 Å². The van der Waals surface area contributed by atoms with Crippen LogP contribution in [0.15, 0.2) is 65.9 Å². The van der Waals surface area contributed by atoms with E-state index in [2.05, 4.69) is 27.7 Å². The number of hydrogen-bond acceptors (Lipinski definition) is 6. The van der Waals surface area contributed by atoms with Gasteiger partial charge in [-0.25, -0.2) is 15.0 Å². The first kappa shape index (κ1) is 21.4. The van der Waals surface area contributed by atoms with Crippen molar-refractivity contribution in [2.24, 2.45) is 4.99 Å². The largest absolute Gasteiger partial charge is 0.453 e. The van der Waals surface area contributed by atoms with E-state index in [9.17, 15) is 0 Å². The Hall–Kier alpha value is -3.13. The Bertz CT molecular complexity index is 1400. The number of nitrogens with zero attached hydrogens (tertiary/aromatic N) is 4. The summed E-state index contributed by atoms with van der Waals surface area (Å²) in [5.41, 5.74) is 6.52. The van der Waals surface area contributed by atoms with Crippen molar-refractivity contribution < 1.29 is 9.57 Å². The fourth-order valence-corrected chi connectivity index (χ4v) is 4.62. The predicted octanol–water partition coefficient (Wildman–Crippen LogP) is 5.60. The summed E-state index contributed by atoms with van der Waals surface area (Å²) in [6, 6.07) is 15.4. The molecule has 172 valence electrons. The highest BCUT2D eigenvalue weighted by atomic mass is 35.5. The van der Waals surface area contributed by atoms with E-state index in [0.29, 0.717) is 51.9 Å². The number of nitrogens with one attached hydrogen (secondary N) is 1. The summed E-state index contributed by atoms with van der Waals surface area (Å²) in [5, 5.41) is 5.66. The second-order valence-corrected chi connectivity index (χ2v) is 9.35. The maximum atomic E-state index is 6.39. The number of rotatable bonds is 6. The van der Waals surface area contributed by atoms with Crippen LogP contribution >= 0.6 is 23.2 Å². The standard InChI is InChI=1S/C25H21Cl2N5O2/c26-18-7-6-17(21(27)12-18)10-19-14-33-31-25(30-19)24-22(13-28-23-8-9-29-32(23)24)34-20-3-1-2-16(11-20)15-4-5-15/h1-3,6-9,11-13,15,19H,4-5,10,14H2,(H,30,31). The Labute approximate surface area is 206 Å². The monoisotopic (exact) mass is 493 g/mol. The van der Waals surface area contributed by atoms with E-state index in [-0.39, 0.29) is 6.04 Å². The number of amidine groups is 1. The zero-order valence-electron chi connectivity index (χ0n) is 18.1. The zero-order chi connectivity index (χ0) is 23.1. The van der Waals surface area contributed by atoms with Crippen molar-refractivity contribution in [1.82, 2.24) is 20.1 Å². The first-order valence-corrected chi connectivity index (χ1v) is 11.9. The summed E-state index contributed by atoms with van der Waals surface area (Å²) in [6.45, 7) is 0.398. The highest BCUT2D eigenvalue weighted by molar-refractivity contribution is 6.35. The Morgan fingerprint density at radius 3 is 2.88 bits per heavy atom. The lowest BCUT2D eigenvalue weighted by Crippen LogP contribution is -2.38. The van der Waals surface area contributed by atoms with Crippen molar-refractivity contribution in [2.45, 2.75) is 31.2 Å². The number of hydroxylamine groups is 1. The fourth-order valence-electron chi connectivity index (χ4n) is 4.13. The molecule has 0 spiro atoms. The summed E-state index contributed by atoms with van der Waals surface area (Å²) in [7, 11) is 0. The van der Waals surface area contributed by atoms with Gasteiger partial charge in [0.05, 0.1) is 25.0 Å². The minimum atomic E-state index is -0.153. The van der Waals surface area contributed by atoms with E-state index < -0.39 is 0 Å². The van der Waals surface area contributed by atoms with Crippen LogP contribution in [0.2, 0.25) is 10.0 Å².